The first-order valence-corrected chi connectivity index (χ1v) is 18.3. The van der Waals surface area contributed by atoms with E-state index in [1.54, 1.807) is 11.0 Å². The fourth-order valence-electron chi connectivity index (χ4n) is 8.73. The lowest BCUT2D eigenvalue weighted by Crippen LogP contribution is -2.61. The van der Waals surface area contributed by atoms with Crippen molar-refractivity contribution in [3.8, 4) is 17.1 Å². The van der Waals surface area contributed by atoms with Gasteiger partial charge in [0.1, 0.15) is 42.6 Å². The number of thiazole rings is 1. The number of rotatable bonds is 5. The number of hydrogen-bond donors (Lipinski definition) is 1. The van der Waals surface area contributed by atoms with Crippen molar-refractivity contribution in [3.63, 3.8) is 0 Å². The molecule has 3 aromatic heterocycles. The molecular weight excluding hydrogens is 705 g/mol. The van der Waals surface area contributed by atoms with Crippen LogP contribution in [0.1, 0.15) is 44.9 Å². The summed E-state index contributed by atoms with van der Waals surface area (Å²) in [6.45, 7) is 3.01. The quantitative estimate of drug-likeness (QED) is 0.227. The number of nitrogens with two attached hydrogens (primary N) is 1. The van der Waals surface area contributed by atoms with Gasteiger partial charge in [-0.05, 0) is 63.3 Å². The van der Waals surface area contributed by atoms with Crippen molar-refractivity contribution in [3.05, 3.63) is 47.5 Å². The maximum absolute atomic E-state index is 17.1. The zero-order valence-electron chi connectivity index (χ0n) is 27.5. The maximum Gasteiger partial charge on any atom is 0.346 e. The van der Waals surface area contributed by atoms with Gasteiger partial charge in [-0.2, -0.15) is 19.7 Å². The molecule has 5 aromatic rings. The fraction of sp³-hybridized carbons (Fsp3) is 0.471. The van der Waals surface area contributed by atoms with Crippen LogP contribution in [0.2, 0.25) is 5.02 Å². The van der Waals surface area contributed by atoms with Gasteiger partial charge in [0.2, 0.25) is 0 Å². The fourth-order valence-corrected chi connectivity index (χ4v) is 9.79. The summed E-state index contributed by atoms with van der Waals surface area (Å²) < 4.78 is 54.2. The Morgan fingerprint density at radius 2 is 1.90 bits per heavy atom. The van der Waals surface area contributed by atoms with Gasteiger partial charge in [0, 0.05) is 54.7 Å². The van der Waals surface area contributed by atoms with Gasteiger partial charge in [-0.15, -0.1) is 0 Å². The Balaban J connectivity index is 1.13. The molecule has 4 aliphatic heterocycles. The number of likely N-dealkylation sites (tertiary alicyclic amines) is 1. The summed E-state index contributed by atoms with van der Waals surface area (Å²) in [6, 6.07) is 4.07. The molecule has 51 heavy (non-hydrogen) atoms. The zero-order chi connectivity index (χ0) is 35.1. The number of fused-ring (bicyclic) bond motifs is 3. The number of anilines is 2. The summed E-state index contributed by atoms with van der Waals surface area (Å²) in [5.74, 6) is -0.769. The molecule has 12 nitrogen and oxygen atoms in total. The van der Waals surface area contributed by atoms with Crippen molar-refractivity contribution in [2.24, 2.45) is 0 Å². The topological polar surface area (TPSA) is 131 Å². The lowest BCUT2D eigenvalue weighted by Gasteiger charge is -2.54. The summed E-state index contributed by atoms with van der Waals surface area (Å²) in [5, 5.41) is 4.63. The van der Waals surface area contributed by atoms with Gasteiger partial charge in [-0.25, -0.2) is 27.9 Å². The molecule has 0 saturated carbocycles. The third-order valence-corrected chi connectivity index (χ3v) is 12.5. The van der Waals surface area contributed by atoms with Crippen molar-refractivity contribution in [2.45, 2.75) is 62.2 Å². The predicted molar refractivity (Wildman–Crippen MR) is 187 cm³/mol. The first kappa shape index (κ1) is 32.6. The molecule has 0 radical (unpaired) electrons. The molecule has 3 atom stereocenters. The number of carbonyl (C=O) groups excluding carboxylic acids is 1. The van der Waals surface area contributed by atoms with E-state index in [1.807, 2.05) is 0 Å². The molecule has 7 heterocycles. The zero-order valence-corrected chi connectivity index (χ0v) is 29.1. The number of aromatic nitrogens is 6. The van der Waals surface area contributed by atoms with Gasteiger partial charge in [0.15, 0.2) is 10.9 Å². The van der Waals surface area contributed by atoms with Gasteiger partial charge in [0.25, 0.3) is 0 Å². The SMILES string of the molecule is Nc1nc2c(-c3c(Cl)cc4c(N5CCC56CCCN(C(=O)n5cncn5)CC6)nc(OC[C@@]56CCCN5C[C@H](F)C6)nc4c3F)ccc(F)c2s1. The number of halogens is 4. The van der Waals surface area contributed by atoms with Crippen LogP contribution in [0.5, 0.6) is 6.01 Å². The standard InChI is InChI=1S/C34H34ClF3N10O2S/c35-22-13-21-26(25(38)24(22)20-3-4-23(37)28-27(20)42-30(39)51-28)43-31(50-16-34-6-2-10-46(34)15-19(36)14-34)44-29(21)47-12-8-33(47)5-1-9-45(11-7-33)32(49)48-18-40-17-41-48/h3-4,13,17-19H,1-2,5-12,14-16H2,(H2,39,42)/t19-,33?,34+/m1/s1. The van der Waals surface area contributed by atoms with E-state index >= 15 is 4.39 Å². The number of alkyl halides is 1. The lowest BCUT2D eigenvalue weighted by molar-refractivity contribution is 0.107. The molecule has 0 bridgehead atoms. The number of ether oxygens (including phenoxy) is 1. The van der Waals surface area contributed by atoms with E-state index in [9.17, 15) is 13.6 Å². The molecule has 4 aliphatic rings. The van der Waals surface area contributed by atoms with Gasteiger partial charge >= 0.3 is 12.0 Å². The first-order valence-electron chi connectivity index (χ1n) is 17.1. The van der Waals surface area contributed by atoms with Crippen LogP contribution in [0.25, 0.3) is 32.2 Å². The second-order valence-corrected chi connectivity index (χ2v) is 15.5. The normalized spacial score (nSPS) is 25.1. The highest BCUT2D eigenvalue weighted by Crippen LogP contribution is 2.48. The minimum atomic E-state index is -0.941. The highest BCUT2D eigenvalue weighted by atomic mass is 35.5. The van der Waals surface area contributed by atoms with Crippen LogP contribution in [0, 0.1) is 11.6 Å². The van der Waals surface area contributed by atoms with E-state index in [4.69, 9.17) is 27.1 Å². The molecule has 17 heteroatoms. The molecular formula is C34H34ClF3N10O2S. The van der Waals surface area contributed by atoms with Crippen LogP contribution >= 0.6 is 22.9 Å². The Morgan fingerprint density at radius 1 is 1.06 bits per heavy atom. The molecule has 4 fully saturated rings. The number of nitrogen functional groups attached to an aromatic ring is 1. The van der Waals surface area contributed by atoms with E-state index in [1.165, 1.54) is 29.5 Å². The average molecular weight is 739 g/mol. The van der Waals surface area contributed by atoms with Crippen LogP contribution in [-0.2, 0) is 0 Å². The minimum Gasteiger partial charge on any atom is -0.461 e. The number of benzene rings is 2. The molecule has 9 rings (SSSR count). The minimum absolute atomic E-state index is 0.00990. The molecule has 266 valence electrons. The van der Waals surface area contributed by atoms with E-state index < -0.39 is 23.3 Å². The predicted octanol–water partition coefficient (Wildman–Crippen LogP) is 6.07. The summed E-state index contributed by atoms with van der Waals surface area (Å²) in [6.07, 6.45) is 6.89. The summed E-state index contributed by atoms with van der Waals surface area (Å²) in [7, 11) is 0. The van der Waals surface area contributed by atoms with Crippen LogP contribution in [0.4, 0.5) is 28.9 Å². The molecule has 2 aromatic carbocycles. The highest BCUT2D eigenvalue weighted by Gasteiger charge is 2.50. The highest BCUT2D eigenvalue weighted by molar-refractivity contribution is 7.22. The van der Waals surface area contributed by atoms with Gasteiger partial charge < -0.3 is 20.3 Å². The van der Waals surface area contributed by atoms with Gasteiger partial charge in [-0.3, -0.25) is 4.90 Å². The molecule has 2 N–H and O–H groups in total. The monoisotopic (exact) mass is 738 g/mol. The van der Waals surface area contributed by atoms with E-state index in [0.29, 0.717) is 50.2 Å². The van der Waals surface area contributed by atoms with Crippen molar-refractivity contribution < 1.29 is 22.7 Å². The Morgan fingerprint density at radius 3 is 2.71 bits per heavy atom. The van der Waals surface area contributed by atoms with Crippen molar-refractivity contribution in [2.75, 3.05) is 50.0 Å². The van der Waals surface area contributed by atoms with Crippen molar-refractivity contribution >= 4 is 61.0 Å². The largest absolute Gasteiger partial charge is 0.461 e. The van der Waals surface area contributed by atoms with Crippen LogP contribution in [0.15, 0.2) is 30.9 Å². The summed E-state index contributed by atoms with van der Waals surface area (Å²) in [5.41, 5.74) is 5.62. The van der Waals surface area contributed by atoms with Crippen molar-refractivity contribution in [1.29, 1.82) is 0 Å². The van der Waals surface area contributed by atoms with E-state index in [0.717, 1.165) is 50.0 Å². The van der Waals surface area contributed by atoms with Gasteiger partial charge in [-0.1, -0.05) is 22.9 Å². The Hall–Kier alpha value is -4.28. The van der Waals surface area contributed by atoms with Crippen LogP contribution in [-0.4, -0.2) is 102 Å². The number of nitrogens with zero attached hydrogens (tertiary/aromatic N) is 9. The Labute approximate surface area is 299 Å². The summed E-state index contributed by atoms with van der Waals surface area (Å²) in [4.78, 5) is 36.9. The maximum atomic E-state index is 17.1. The van der Waals surface area contributed by atoms with Crippen LogP contribution < -0.4 is 15.4 Å². The molecule has 4 saturated heterocycles. The number of carbonyl (C=O) groups is 1. The second-order valence-electron chi connectivity index (χ2n) is 14.1. The molecule has 1 amide bonds. The Kier molecular flexibility index (Phi) is 7.78. The van der Waals surface area contributed by atoms with E-state index in [2.05, 4.69) is 29.9 Å². The van der Waals surface area contributed by atoms with Gasteiger partial charge in [0.05, 0.1) is 20.8 Å². The molecule has 0 aliphatic carbocycles. The van der Waals surface area contributed by atoms with Crippen LogP contribution in [0.3, 0.4) is 0 Å². The lowest BCUT2D eigenvalue weighted by atomic mass is 9.78. The first-order chi connectivity index (χ1) is 24.6. The van der Waals surface area contributed by atoms with E-state index in [-0.39, 0.29) is 61.2 Å². The smallest absolute Gasteiger partial charge is 0.346 e. The second kappa shape index (κ2) is 12.2. The third-order valence-electron chi connectivity index (χ3n) is 11.3. The average Bonchev–Trinajstić information content (AvgIpc) is 3.87. The number of hydrogen-bond acceptors (Lipinski definition) is 11. The molecule has 1 unspecified atom stereocenters. The summed E-state index contributed by atoms with van der Waals surface area (Å²) >= 11 is 7.88. The third kappa shape index (κ3) is 5.27. The Bertz CT molecular complexity index is 2190. The molecule has 1 spiro atoms. The number of amides is 1. The van der Waals surface area contributed by atoms with Crippen molar-refractivity contribution in [1.82, 2.24) is 39.5 Å².